The Hall–Kier alpha value is -5.68. The highest BCUT2D eigenvalue weighted by atomic mass is 32.2. The summed E-state index contributed by atoms with van der Waals surface area (Å²) in [5, 5.41) is 7.86. The molecular weight excluding hydrogens is 765 g/mol. The first kappa shape index (κ1) is 36.2. The fraction of sp³-hybridized carbons (Fsp3) is 0.179. The number of thioether (sulfide) groups is 2. The lowest BCUT2D eigenvalue weighted by molar-refractivity contribution is 0.717. The molecule has 0 radical (unpaired) electrons. The summed E-state index contributed by atoms with van der Waals surface area (Å²) < 4.78 is 0. The van der Waals surface area contributed by atoms with Gasteiger partial charge in [0.25, 0.3) is 0 Å². The molecule has 0 saturated carbocycles. The van der Waals surface area contributed by atoms with Crippen molar-refractivity contribution in [2.45, 2.75) is 75.0 Å². The Bertz CT molecular complexity index is 2840. The minimum atomic E-state index is 1.11. The number of fused-ring (bicyclic) bond motifs is 8. The van der Waals surface area contributed by atoms with Crippen molar-refractivity contribution in [2.24, 2.45) is 0 Å². The fourth-order valence-corrected chi connectivity index (χ4v) is 12.9. The zero-order valence-electron chi connectivity index (χ0n) is 34.2. The van der Waals surface area contributed by atoms with Crippen molar-refractivity contribution in [1.29, 1.82) is 0 Å². The van der Waals surface area contributed by atoms with Gasteiger partial charge in [0.15, 0.2) is 0 Å². The van der Waals surface area contributed by atoms with Crippen LogP contribution in [0.15, 0.2) is 165 Å². The Kier molecular flexibility index (Phi) is 8.75. The van der Waals surface area contributed by atoms with Crippen LogP contribution >= 0.6 is 23.5 Å². The zero-order valence-corrected chi connectivity index (χ0v) is 35.9. The number of unbranched alkanes of at least 4 members (excludes halogenated alkanes) is 4. The molecule has 4 heteroatoms. The molecule has 0 saturated heterocycles. The van der Waals surface area contributed by atoms with Gasteiger partial charge in [-0.1, -0.05) is 172 Å². The molecule has 60 heavy (non-hydrogen) atoms. The normalized spacial score (nSPS) is 15.3. The number of benzene rings is 8. The third-order valence-corrected chi connectivity index (χ3v) is 15.6. The van der Waals surface area contributed by atoms with Gasteiger partial charge in [-0.05, 0) is 128 Å². The maximum atomic E-state index is 2.61. The van der Waals surface area contributed by atoms with Crippen molar-refractivity contribution in [3.05, 3.63) is 167 Å². The summed E-state index contributed by atoms with van der Waals surface area (Å²) >= 11 is 3.91. The van der Waals surface area contributed by atoms with E-state index in [1.807, 2.05) is 23.5 Å². The second-order valence-corrected chi connectivity index (χ2v) is 18.9. The first-order chi connectivity index (χ1) is 29.7. The minimum absolute atomic E-state index is 1.11. The summed E-state index contributed by atoms with van der Waals surface area (Å²) in [6.45, 7) is 4.59. The predicted octanol–water partition coefficient (Wildman–Crippen LogP) is 17.1. The lowest BCUT2D eigenvalue weighted by atomic mass is 10.00. The van der Waals surface area contributed by atoms with Crippen molar-refractivity contribution in [2.75, 3.05) is 9.80 Å². The SMILES string of the molecule is CCCCCc1ccc2c(c1)S/C(=C1/Sc3cc(CCCCC)ccc3N1c1ccc3c4c(cccc14)-c1ccccc1-3)N2c1ccc2c3c(cccc13)-c1ccccc1-2. The first-order valence-electron chi connectivity index (χ1n) is 22.0. The third kappa shape index (κ3) is 5.50. The molecule has 2 heterocycles. The average molecular weight is 811 g/mol. The number of rotatable bonds is 10. The lowest BCUT2D eigenvalue weighted by Gasteiger charge is -2.29. The van der Waals surface area contributed by atoms with Crippen LogP contribution in [0.25, 0.3) is 66.1 Å². The summed E-state index contributed by atoms with van der Waals surface area (Å²) in [7, 11) is 0. The minimum Gasteiger partial charge on any atom is -0.301 e. The fourth-order valence-electron chi connectivity index (χ4n) is 10.4. The van der Waals surface area contributed by atoms with E-state index >= 15 is 0 Å². The Morgan fingerprint density at radius 1 is 0.367 bits per heavy atom. The van der Waals surface area contributed by atoms with Crippen LogP contribution in [-0.2, 0) is 12.8 Å². The van der Waals surface area contributed by atoms with Crippen LogP contribution in [0, 0.1) is 0 Å². The largest absolute Gasteiger partial charge is 0.301 e. The van der Waals surface area contributed by atoms with E-state index in [-0.39, 0.29) is 0 Å². The highest BCUT2D eigenvalue weighted by Gasteiger charge is 2.39. The molecule has 0 N–H and O–H groups in total. The number of hydrogen-bond donors (Lipinski definition) is 0. The summed E-state index contributed by atoms with van der Waals surface area (Å²) in [6, 6.07) is 55.9. The monoisotopic (exact) mass is 810 g/mol. The Labute approximate surface area is 362 Å². The van der Waals surface area contributed by atoms with Gasteiger partial charge in [0.2, 0.25) is 0 Å². The molecule has 8 aromatic carbocycles. The van der Waals surface area contributed by atoms with Crippen molar-refractivity contribution >= 4 is 67.8 Å². The number of nitrogens with zero attached hydrogens (tertiary/aromatic N) is 2. The van der Waals surface area contributed by atoms with E-state index in [1.165, 1.54) is 158 Å². The Balaban J connectivity index is 1.09. The van der Waals surface area contributed by atoms with Crippen LogP contribution in [0.4, 0.5) is 22.7 Å². The van der Waals surface area contributed by atoms with Gasteiger partial charge in [-0.15, -0.1) is 0 Å². The molecular formula is C56H46N2S2. The van der Waals surface area contributed by atoms with Gasteiger partial charge >= 0.3 is 0 Å². The van der Waals surface area contributed by atoms with Gasteiger partial charge in [-0.3, -0.25) is 0 Å². The average Bonchev–Trinajstić information content (AvgIpc) is 4.04. The molecule has 0 bridgehead atoms. The third-order valence-electron chi connectivity index (χ3n) is 13.2. The molecule has 4 aliphatic rings. The van der Waals surface area contributed by atoms with Crippen molar-refractivity contribution in [1.82, 2.24) is 0 Å². The van der Waals surface area contributed by atoms with Gasteiger partial charge in [0, 0.05) is 20.6 Å². The van der Waals surface area contributed by atoms with E-state index in [1.54, 1.807) is 0 Å². The van der Waals surface area contributed by atoms with Crippen LogP contribution in [0.5, 0.6) is 0 Å². The summed E-state index contributed by atoms with van der Waals surface area (Å²) in [4.78, 5) is 7.90. The number of aryl methyl sites for hydroxylation is 2. The summed E-state index contributed by atoms with van der Waals surface area (Å²) in [6.07, 6.45) is 9.66. The highest BCUT2D eigenvalue weighted by molar-refractivity contribution is 8.07. The molecule has 2 nitrogen and oxygen atoms in total. The van der Waals surface area contributed by atoms with Crippen molar-refractivity contribution in [3.63, 3.8) is 0 Å². The maximum Gasteiger partial charge on any atom is 0.116 e. The van der Waals surface area contributed by atoms with Crippen LogP contribution in [0.2, 0.25) is 0 Å². The molecule has 0 spiro atoms. The Morgan fingerprint density at radius 3 is 1.17 bits per heavy atom. The molecule has 0 aromatic heterocycles. The van der Waals surface area contributed by atoms with E-state index in [0.717, 1.165) is 12.8 Å². The van der Waals surface area contributed by atoms with E-state index in [4.69, 9.17) is 0 Å². The van der Waals surface area contributed by atoms with E-state index in [2.05, 4.69) is 169 Å². The molecule has 12 rings (SSSR count). The van der Waals surface area contributed by atoms with E-state index in [9.17, 15) is 0 Å². The summed E-state index contributed by atoms with van der Waals surface area (Å²) in [5.41, 5.74) is 18.5. The van der Waals surface area contributed by atoms with E-state index < -0.39 is 0 Å². The molecule has 8 aromatic rings. The summed E-state index contributed by atoms with van der Waals surface area (Å²) in [5.74, 6) is 0. The number of hydrogen-bond acceptors (Lipinski definition) is 4. The van der Waals surface area contributed by atoms with Crippen molar-refractivity contribution < 1.29 is 0 Å². The first-order valence-corrected chi connectivity index (χ1v) is 23.6. The van der Waals surface area contributed by atoms with Crippen molar-refractivity contribution in [3.8, 4) is 44.5 Å². The topological polar surface area (TPSA) is 6.48 Å². The van der Waals surface area contributed by atoms with Gasteiger partial charge in [0.1, 0.15) is 10.1 Å². The van der Waals surface area contributed by atoms with Crippen LogP contribution < -0.4 is 9.80 Å². The molecule has 0 fully saturated rings. The van der Waals surface area contributed by atoms with E-state index in [0.29, 0.717) is 0 Å². The smallest absolute Gasteiger partial charge is 0.116 e. The molecule has 2 aliphatic carbocycles. The molecule has 0 amide bonds. The molecule has 0 atom stereocenters. The van der Waals surface area contributed by atoms with Gasteiger partial charge in [-0.25, -0.2) is 0 Å². The van der Waals surface area contributed by atoms with Gasteiger partial charge in [-0.2, -0.15) is 0 Å². The highest BCUT2D eigenvalue weighted by Crippen LogP contribution is 2.62. The van der Waals surface area contributed by atoms with Gasteiger partial charge in [0.05, 0.1) is 22.7 Å². The lowest BCUT2D eigenvalue weighted by Crippen LogP contribution is -2.19. The molecule has 292 valence electrons. The molecule has 0 unspecified atom stereocenters. The quantitative estimate of drug-likeness (QED) is 0.127. The number of anilines is 4. The second kappa shape index (κ2) is 14.5. The molecule has 2 aliphatic heterocycles. The maximum absolute atomic E-state index is 2.61. The van der Waals surface area contributed by atoms with Gasteiger partial charge < -0.3 is 9.80 Å². The van der Waals surface area contributed by atoms with Crippen LogP contribution in [0.3, 0.4) is 0 Å². The van der Waals surface area contributed by atoms with Crippen LogP contribution in [0.1, 0.15) is 63.5 Å². The van der Waals surface area contributed by atoms with Crippen LogP contribution in [-0.4, -0.2) is 0 Å². The Morgan fingerprint density at radius 2 is 0.750 bits per heavy atom. The zero-order chi connectivity index (χ0) is 39.9. The standard InChI is InChI=1S/C56H46N2S2/c1-3-5-7-15-35-25-29-49-51(33-35)59-55(57(49)47-31-27-43-39-19-11-9-17-37(39)41-21-13-23-45(47)53(41)43)56-58(50-30-26-36(16-8-6-4-2)34-52(50)60-56)48-32-28-44-40-20-12-10-18-38(40)42-22-14-24-46(48)54(42)44/h9-14,17-34H,3-8,15-16H2,1-2H3/b56-55+. The second-order valence-electron chi connectivity index (χ2n) is 16.8. The predicted molar refractivity (Wildman–Crippen MR) is 259 cm³/mol.